The van der Waals surface area contributed by atoms with Crippen LogP contribution in [0.15, 0.2) is 0 Å². The van der Waals surface area contributed by atoms with Gasteiger partial charge >= 0.3 is 29.6 Å². The summed E-state index contributed by atoms with van der Waals surface area (Å²) in [6.45, 7) is 0. The van der Waals surface area contributed by atoms with Crippen molar-refractivity contribution in [2.24, 2.45) is 0 Å². The SMILES string of the molecule is [NH+]#C[NH-].[Na+]. The molecule has 3 heteroatoms. The van der Waals surface area contributed by atoms with Crippen LogP contribution in [-0.4, -0.2) is 0 Å². The first-order chi connectivity index (χ1) is 1.41. The largest absolute Gasteiger partial charge is 1.00 e. The molecule has 0 heterocycles. The molecule has 0 aliphatic carbocycles. The second-order valence-electron chi connectivity index (χ2n) is 0.125. The van der Waals surface area contributed by atoms with Gasteiger partial charge in [-0.25, -0.2) is 5.73 Å². The van der Waals surface area contributed by atoms with E-state index in [0.717, 1.165) is 0 Å². The third-order valence-electron chi connectivity index (χ3n) is 0. The van der Waals surface area contributed by atoms with E-state index in [-0.39, 0.29) is 29.6 Å². The maximum atomic E-state index is 5.62. The fraction of sp³-hybridized carbons (Fsp3) is 0. The van der Waals surface area contributed by atoms with Crippen molar-refractivity contribution in [3.8, 4) is 6.19 Å². The molecule has 0 aromatic carbocycles. The molecule has 0 fully saturated rings. The Morgan fingerprint density at radius 2 is 1.75 bits per heavy atom. The van der Waals surface area contributed by atoms with Crippen LogP contribution in [0.25, 0.3) is 5.73 Å². The average molecular weight is 65.0 g/mol. The quantitative estimate of drug-likeness (QED) is 0.219. The van der Waals surface area contributed by atoms with E-state index in [1.807, 2.05) is 0 Å². The predicted octanol–water partition coefficient (Wildman–Crippen LogP) is -4.23. The van der Waals surface area contributed by atoms with Gasteiger partial charge in [0.05, 0.1) is 0 Å². The van der Waals surface area contributed by atoms with Crippen molar-refractivity contribution in [2.75, 3.05) is 0 Å². The van der Waals surface area contributed by atoms with Gasteiger partial charge < -0.3 is 5.26 Å². The maximum absolute atomic E-state index is 5.62. The van der Waals surface area contributed by atoms with E-state index >= 15 is 0 Å². The molecule has 16 valence electrons. The van der Waals surface area contributed by atoms with Crippen LogP contribution in [0.4, 0.5) is 0 Å². The van der Waals surface area contributed by atoms with Crippen molar-refractivity contribution < 1.29 is 34.8 Å². The first-order valence-corrected chi connectivity index (χ1v) is 0.500. The first kappa shape index (κ1) is 8.85. The summed E-state index contributed by atoms with van der Waals surface area (Å²) in [6, 6.07) is 0. The van der Waals surface area contributed by atoms with Crippen molar-refractivity contribution in [3.63, 3.8) is 0 Å². The Hall–Kier alpha value is 0.290. The molecule has 0 amide bonds. The van der Waals surface area contributed by atoms with Crippen molar-refractivity contribution in [1.82, 2.24) is 0 Å². The Bertz CT molecular complexity index is 27.5. The van der Waals surface area contributed by atoms with Crippen LogP contribution in [0.5, 0.6) is 0 Å². The van der Waals surface area contributed by atoms with Crippen molar-refractivity contribution in [1.29, 1.82) is 0 Å². The zero-order valence-corrected chi connectivity index (χ0v) is 4.50. The summed E-state index contributed by atoms with van der Waals surface area (Å²) in [4.78, 5) is 0. The van der Waals surface area contributed by atoms with Crippen LogP contribution in [-0.2, 0) is 0 Å². The second kappa shape index (κ2) is 10.4. The number of hydrogen-bond donors (Lipinski definition) is 1. The summed E-state index contributed by atoms with van der Waals surface area (Å²) >= 11 is 0. The van der Waals surface area contributed by atoms with Crippen LogP contribution >= 0.6 is 0 Å². The topological polar surface area (TPSA) is 47.6 Å². The van der Waals surface area contributed by atoms with Gasteiger partial charge in [0, 0.05) is 0 Å². The number of hydrogen-bond acceptors (Lipinski definition) is 0. The van der Waals surface area contributed by atoms with Gasteiger partial charge in [0.2, 0.25) is 0 Å². The van der Waals surface area contributed by atoms with Crippen molar-refractivity contribution in [3.05, 3.63) is 5.73 Å². The molecule has 0 aliphatic heterocycles. The molecule has 0 spiro atoms. The van der Waals surface area contributed by atoms with Gasteiger partial charge in [-0.2, -0.15) is 0 Å². The van der Waals surface area contributed by atoms with Gasteiger partial charge in [-0.3, -0.25) is 0 Å². The van der Waals surface area contributed by atoms with Crippen LogP contribution in [0.2, 0.25) is 0 Å². The summed E-state index contributed by atoms with van der Waals surface area (Å²) in [5.41, 5.74) is 5.62. The van der Waals surface area contributed by atoms with E-state index < -0.39 is 0 Å². The first-order valence-electron chi connectivity index (χ1n) is 0.500. The molecule has 0 radical (unpaired) electrons. The molecule has 2 nitrogen and oxygen atoms in total. The Balaban J connectivity index is 0. The van der Waals surface area contributed by atoms with E-state index in [2.05, 4.69) is 0 Å². The van der Waals surface area contributed by atoms with Gasteiger partial charge in [-0.05, 0) is 0 Å². The van der Waals surface area contributed by atoms with Gasteiger partial charge in [0.15, 0.2) is 0 Å². The average Bonchev–Trinajstić information content (AvgIpc) is 0.918. The molecule has 0 aliphatic rings. The number of rotatable bonds is 0. The molecule has 2 N–H and O–H groups in total. The van der Waals surface area contributed by atoms with Gasteiger partial charge in [0.1, 0.15) is 6.19 Å². The summed E-state index contributed by atoms with van der Waals surface area (Å²) in [5, 5.41) is 5.62. The van der Waals surface area contributed by atoms with Crippen molar-refractivity contribution in [2.45, 2.75) is 0 Å². The fourth-order valence-corrected chi connectivity index (χ4v) is 0. The van der Waals surface area contributed by atoms with E-state index in [1.54, 1.807) is 0 Å². The minimum atomic E-state index is 0. The minimum absolute atomic E-state index is 0. The normalized spacial score (nSPS) is 1.75. The third kappa shape index (κ3) is 45.3. The van der Waals surface area contributed by atoms with E-state index in [0.29, 0.717) is 0 Å². The third-order valence-corrected chi connectivity index (χ3v) is 0. The molecule has 0 bridgehead atoms. The zero-order valence-electron chi connectivity index (χ0n) is 2.50. The molecule has 0 unspecified atom stereocenters. The molecular weight excluding hydrogens is 63.0 g/mol. The van der Waals surface area contributed by atoms with E-state index in [1.165, 1.54) is 6.19 Å². The van der Waals surface area contributed by atoms with E-state index in [4.69, 9.17) is 11.0 Å². The molecule has 0 saturated heterocycles. The van der Waals surface area contributed by atoms with Gasteiger partial charge in [-0.15, -0.1) is 0 Å². The molecule has 0 saturated carbocycles. The van der Waals surface area contributed by atoms with Gasteiger partial charge in [-0.1, -0.05) is 0 Å². The standard InChI is InChI=1S/CHN2.Na/c2-1-3;/h2H;/q-1;+1/p+1. The molecule has 0 rings (SSSR count). The van der Waals surface area contributed by atoms with Gasteiger partial charge in [0.25, 0.3) is 0 Å². The molecule has 4 heavy (non-hydrogen) atoms. The number of nitrogens with one attached hydrogen (secondary N) is 2. The van der Waals surface area contributed by atoms with Crippen molar-refractivity contribution >= 4 is 0 Å². The van der Waals surface area contributed by atoms with Crippen LogP contribution < -0.4 is 34.8 Å². The summed E-state index contributed by atoms with van der Waals surface area (Å²) in [6.07, 6.45) is 1.25. The fourth-order valence-electron chi connectivity index (χ4n) is 0. The predicted molar refractivity (Wildman–Crippen MR) is 9.17 cm³/mol. The Morgan fingerprint density at radius 1 is 1.75 bits per heavy atom. The van der Waals surface area contributed by atoms with Crippen LogP contribution in [0, 0.1) is 6.19 Å². The summed E-state index contributed by atoms with van der Waals surface area (Å²) in [7, 11) is 0. The maximum Gasteiger partial charge on any atom is 1.00 e. The van der Waals surface area contributed by atoms with Crippen LogP contribution in [0.3, 0.4) is 0 Å². The monoisotopic (exact) mass is 65.0 g/mol. The smallest absolute Gasteiger partial charge is 0.398 e. The molecular formula is CH2N2Na+. The Labute approximate surface area is 46.9 Å². The Morgan fingerprint density at radius 3 is 1.75 bits per heavy atom. The molecule has 0 aromatic rings. The Kier molecular flexibility index (Phi) is 23.0. The van der Waals surface area contributed by atoms with Crippen LogP contribution in [0.1, 0.15) is 0 Å². The summed E-state index contributed by atoms with van der Waals surface area (Å²) in [5.74, 6) is 0. The summed E-state index contributed by atoms with van der Waals surface area (Å²) < 4.78 is 0. The second-order valence-corrected chi connectivity index (χ2v) is 0.125. The minimum Gasteiger partial charge on any atom is -0.398 e. The molecule has 0 aromatic heterocycles. The van der Waals surface area contributed by atoms with E-state index in [9.17, 15) is 0 Å². The molecule has 0 atom stereocenters. The zero-order chi connectivity index (χ0) is 2.71.